The van der Waals surface area contributed by atoms with Gasteiger partial charge in [-0.05, 0) is 31.9 Å². The van der Waals surface area contributed by atoms with Gasteiger partial charge in [0.1, 0.15) is 17.3 Å². The van der Waals surface area contributed by atoms with Crippen LogP contribution in [-0.2, 0) is 0 Å². The minimum Gasteiger partial charge on any atom is -0.492 e. The molecular weight excluding hydrogens is 316 g/mol. The molecule has 0 bridgehead atoms. The van der Waals surface area contributed by atoms with Gasteiger partial charge in [-0.2, -0.15) is 0 Å². The van der Waals surface area contributed by atoms with E-state index in [2.05, 4.69) is 20.2 Å². The van der Waals surface area contributed by atoms with Crippen LogP contribution >= 0.6 is 0 Å². The molecule has 3 rings (SSSR count). The molecule has 1 saturated heterocycles. The van der Waals surface area contributed by atoms with Crippen molar-refractivity contribution < 1.29 is 9.53 Å². The molecule has 132 valence electrons. The second-order valence-corrected chi connectivity index (χ2v) is 6.04. The lowest BCUT2D eigenvalue weighted by Gasteiger charge is -2.20. The van der Waals surface area contributed by atoms with Crippen LogP contribution in [0.5, 0.6) is 5.75 Å². The van der Waals surface area contributed by atoms with E-state index in [1.54, 1.807) is 12.4 Å². The number of aromatic nitrogens is 2. The van der Waals surface area contributed by atoms with Crippen molar-refractivity contribution in [2.24, 2.45) is 0 Å². The van der Waals surface area contributed by atoms with Crippen LogP contribution in [0.4, 0.5) is 11.5 Å². The molecule has 1 aromatic heterocycles. The monoisotopic (exact) mass is 340 g/mol. The summed E-state index contributed by atoms with van der Waals surface area (Å²) in [6.45, 7) is 4.45. The number of nitrogens with zero attached hydrogens (tertiary/aromatic N) is 3. The van der Waals surface area contributed by atoms with Crippen LogP contribution in [0.3, 0.4) is 0 Å². The van der Waals surface area contributed by atoms with Gasteiger partial charge < -0.3 is 15.0 Å². The van der Waals surface area contributed by atoms with E-state index < -0.39 is 0 Å². The van der Waals surface area contributed by atoms with Gasteiger partial charge in [-0.1, -0.05) is 25.0 Å². The number of hydrogen-bond acceptors (Lipinski definition) is 5. The Morgan fingerprint density at radius 2 is 1.88 bits per heavy atom. The lowest BCUT2D eigenvalue weighted by molar-refractivity contribution is 0.102. The van der Waals surface area contributed by atoms with Crippen molar-refractivity contribution in [3.05, 3.63) is 42.4 Å². The molecule has 2 aromatic rings. The van der Waals surface area contributed by atoms with Gasteiger partial charge in [0, 0.05) is 13.1 Å². The first kappa shape index (κ1) is 17.2. The summed E-state index contributed by atoms with van der Waals surface area (Å²) in [5.41, 5.74) is 0.928. The number of amides is 1. The first-order valence-electron chi connectivity index (χ1n) is 8.88. The van der Waals surface area contributed by atoms with E-state index in [4.69, 9.17) is 4.74 Å². The topological polar surface area (TPSA) is 67.3 Å². The summed E-state index contributed by atoms with van der Waals surface area (Å²) in [6, 6.07) is 7.36. The maximum Gasteiger partial charge on any atom is 0.275 e. The molecule has 0 spiro atoms. The van der Waals surface area contributed by atoms with E-state index in [-0.39, 0.29) is 5.91 Å². The predicted octanol–water partition coefficient (Wildman–Crippen LogP) is 3.51. The molecule has 25 heavy (non-hydrogen) atoms. The van der Waals surface area contributed by atoms with Gasteiger partial charge in [-0.15, -0.1) is 0 Å². The molecule has 1 amide bonds. The van der Waals surface area contributed by atoms with Crippen molar-refractivity contribution in [2.75, 3.05) is 29.9 Å². The molecule has 1 aliphatic rings. The van der Waals surface area contributed by atoms with Crippen molar-refractivity contribution in [3.8, 4) is 5.75 Å². The van der Waals surface area contributed by atoms with Crippen LogP contribution in [0, 0.1) is 0 Å². The second-order valence-electron chi connectivity index (χ2n) is 6.04. The third-order valence-corrected chi connectivity index (χ3v) is 4.24. The highest BCUT2D eigenvalue weighted by atomic mass is 16.5. The van der Waals surface area contributed by atoms with Gasteiger partial charge in [-0.25, -0.2) is 9.97 Å². The number of para-hydroxylation sites is 2. The Morgan fingerprint density at radius 3 is 2.56 bits per heavy atom. The van der Waals surface area contributed by atoms with Crippen molar-refractivity contribution in [3.63, 3.8) is 0 Å². The Labute approximate surface area is 148 Å². The summed E-state index contributed by atoms with van der Waals surface area (Å²) in [7, 11) is 0. The lowest BCUT2D eigenvalue weighted by atomic mass is 10.2. The fourth-order valence-corrected chi connectivity index (χ4v) is 2.94. The number of ether oxygens (including phenoxy) is 1. The number of carbonyl (C=O) groups is 1. The van der Waals surface area contributed by atoms with E-state index in [1.807, 2.05) is 31.2 Å². The summed E-state index contributed by atoms with van der Waals surface area (Å²) in [6.07, 6.45) is 8.12. The zero-order chi connectivity index (χ0) is 17.5. The molecule has 0 aliphatic carbocycles. The van der Waals surface area contributed by atoms with Crippen LogP contribution in [0.25, 0.3) is 0 Å². The second kappa shape index (κ2) is 8.46. The number of rotatable bonds is 5. The number of carbonyl (C=O) groups excluding carboxylic acids is 1. The molecule has 1 aliphatic heterocycles. The third kappa shape index (κ3) is 4.47. The molecule has 1 fully saturated rings. The van der Waals surface area contributed by atoms with Crippen LogP contribution in [-0.4, -0.2) is 35.6 Å². The fraction of sp³-hybridized carbons (Fsp3) is 0.421. The minimum absolute atomic E-state index is 0.290. The Hall–Kier alpha value is -2.63. The van der Waals surface area contributed by atoms with Gasteiger partial charge in [0.2, 0.25) is 0 Å². The van der Waals surface area contributed by atoms with Crippen LogP contribution in [0.15, 0.2) is 36.7 Å². The first-order valence-corrected chi connectivity index (χ1v) is 8.88. The molecule has 0 unspecified atom stereocenters. The average molecular weight is 340 g/mol. The minimum atomic E-state index is -0.290. The van der Waals surface area contributed by atoms with Crippen molar-refractivity contribution in [2.45, 2.75) is 32.6 Å². The van der Waals surface area contributed by atoms with Crippen LogP contribution < -0.4 is 15.0 Å². The summed E-state index contributed by atoms with van der Waals surface area (Å²) >= 11 is 0. The van der Waals surface area contributed by atoms with E-state index in [0.29, 0.717) is 23.7 Å². The summed E-state index contributed by atoms with van der Waals surface area (Å²) in [4.78, 5) is 23.4. The van der Waals surface area contributed by atoms with Crippen LogP contribution in [0.1, 0.15) is 43.1 Å². The van der Waals surface area contributed by atoms with E-state index in [1.165, 1.54) is 25.7 Å². The molecule has 0 atom stereocenters. The van der Waals surface area contributed by atoms with Crippen molar-refractivity contribution in [1.82, 2.24) is 9.97 Å². The summed E-state index contributed by atoms with van der Waals surface area (Å²) in [5.74, 6) is 1.20. The van der Waals surface area contributed by atoms with Crippen molar-refractivity contribution in [1.29, 1.82) is 0 Å². The van der Waals surface area contributed by atoms with Crippen LogP contribution in [0.2, 0.25) is 0 Å². The Balaban J connectivity index is 1.68. The average Bonchev–Trinajstić information content (AvgIpc) is 2.93. The quantitative estimate of drug-likeness (QED) is 0.902. The number of nitrogens with one attached hydrogen (secondary N) is 1. The number of anilines is 2. The zero-order valence-corrected chi connectivity index (χ0v) is 14.6. The molecule has 0 radical (unpaired) electrons. The Bertz CT molecular complexity index is 695. The lowest BCUT2D eigenvalue weighted by Crippen LogP contribution is -2.25. The number of hydrogen-bond donors (Lipinski definition) is 1. The maximum atomic E-state index is 12.4. The molecule has 2 heterocycles. The standard InChI is InChI=1S/C19H24N4O2/c1-2-25-17-10-6-5-9-15(17)22-19(24)16-13-21-18(14-20-16)23-11-7-3-4-8-12-23/h5-6,9-10,13-14H,2-4,7-8,11-12H2,1H3,(H,22,24). The van der Waals surface area contributed by atoms with E-state index >= 15 is 0 Å². The summed E-state index contributed by atoms with van der Waals surface area (Å²) < 4.78 is 5.53. The largest absolute Gasteiger partial charge is 0.492 e. The molecular formula is C19H24N4O2. The molecule has 1 N–H and O–H groups in total. The Kier molecular flexibility index (Phi) is 5.82. The van der Waals surface area contributed by atoms with Gasteiger partial charge >= 0.3 is 0 Å². The summed E-state index contributed by atoms with van der Waals surface area (Å²) in [5, 5.41) is 2.84. The fourth-order valence-electron chi connectivity index (χ4n) is 2.94. The molecule has 0 saturated carbocycles. The SMILES string of the molecule is CCOc1ccccc1NC(=O)c1cnc(N2CCCCCC2)cn1. The van der Waals surface area contributed by atoms with Gasteiger partial charge in [0.15, 0.2) is 0 Å². The molecule has 1 aromatic carbocycles. The number of benzene rings is 1. The normalized spacial score (nSPS) is 14.7. The Morgan fingerprint density at radius 1 is 1.12 bits per heavy atom. The predicted molar refractivity (Wildman–Crippen MR) is 98.3 cm³/mol. The first-order chi connectivity index (χ1) is 12.3. The van der Waals surface area contributed by atoms with Gasteiger partial charge in [0.25, 0.3) is 5.91 Å². The van der Waals surface area contributed by atoms with Gasteiger partial charge in [0.05, 0.1) is 24.7 Å². The van der Waals surface area contributed by atoms with E-state index in [9.17, 15) is 4.79 Å². The highest BCUT2D eigenvalue weighted by molar-refractivity contribution is 6.03. The maximum absolute atomic E-state index is 12.4. The van der Waals surface area contributed by atoms with E-state index in [0.717, 1.165) is 18.9 Å². The van der Waals surface area contributed by atoms with Crippen molar-refractivity contribution >= 4 is 17.4 Å². The van der Waals surface area contributed by atoms with Gasteiger partial charge in [-0.3, -0.25) is 4.79 Å². The molecule has 6 nitrogen and oxygen atoms in total. The highest BCUT2D eigenvalue weighted by Crippen LogP contribution is 2.24. The smallest absolute Gasteiger partial charge is 0.275 e. The molecule has 6 heteroatoms. The highest BCUT2D eigenvalue weighted by Gasteiger charge is 2.14. The zero-order valence-electron chi connectivity index (χ0n) is 14.6. The third-order valence-electron chi connectivity index (χ3n) is 4.24.